The minimum Gasteiger partial charge on any atom is -0.497 e. The molecule has 22 heavy (non-hydrogen) atoms. The fourth-order valence-corrected chi connectivity index (χ4v) is 2.90. The van der Waals surface area contributed by atoms with Gasteiger partial charge in [-0.05, 0) is 30.8 Å². The van der Waals surface area contributed by atoms with Crippen LogP contribution in [0.1, 0.15) is 17.3 Å². The van der Waals surface area contributed by atoms with Gasteiger partial charge in [0.15, 0.2) is 6.29 Å². The third-order valence-corrected chi connectivity index (χ3v) is 4.28. The molecule has 1 saturated heterocycles. The standard InChI is InChI=1S/C17H21N3O2/c1-3-19-6-8-20(9-7-19)17-14(12-21)10-13-11-15(22-2)4-5-16(13)18-17/h4-5,10-12H,3,6-9H2,1-2H3. The number of fused-ring (bicyclic) bond motifs is 1. The van der Waals surface area contributed by atoms with Crippen molar-refractivity contribution in [2.45, 2.75) is 6.92 Å². The Labute approximate surface area is 130 Å². The van der Waals surface area contributed by atoms with Crippen LogP contribution in [0.4, 0.5) is 5.82 Å². The number of methoxy groups -OCH3 is 1. The average molecular weight is 299 g/mol. The summed E-state index contributed by atoms with van der Waals surface area (Å²) in [4.78, 5) is 20.8. The second kappa shape index (κ2) is 6.32. The number of carbonyl (C=O) groups excluding carboxylic acids is 1. The molecular formula is C17H21N3O2. The Morgan fingerprint density at radius 3 is 2.64 bits per heavy atom. The van der Waals surface area contributed by atoms with Crippen LogP contribution in [0.3, 0.4) is 0 Å². The molecule has 116 valence electrons. The van der Waals surface area contributed by atoms with E-state index in [1.807, 2.05) is 24.3 Å². The molecule has 5 heteroatoms. The van der Waals surface area contributed by atoms with Crippen molar-refractivity contribution in [3.8, 4) is 5.75 Å². The van der Waals surface area contributed by atoms with E-state index in [1.165, 1.54) is 0 Å². The summed E-state index contributed by atoms with van der Waals surface area (Å²) in [6.45, 7) is 7.08. The van der Waals surface area contributed by atoms with Crippen LogP contribution >= 0.6 is 0 Å². The number of aldehydes is 1. The minimum absolute atomic E-state index is 0.644. The topological polar surface area (TPSA) is 45.7 Å². The van der Waals surface area contributed by atoms with E-state index in [0.717, 1.165) is 61.5 Å². The van der Waals surface area contributed by atoms with Crippen LogP contribution < -0.4 is 9.64 Å². The third kappa shape index (κ3) is 2.76. The van der Waals surface area contributed by atoms with E-state index in [1.54, 1.807) is 7.11 Å². The SMILES string of the molecule is CCN1CCN(c2nc3ccc(OC)cc3cc2C=O)CC1. The molecule has 1 aromatic carbocycles. The highest BCUT2D eigenvalue weighted by molar-refractivity contribution is 5.92. The van der Waals surface area contributed by atoms with E-state index in [2.05, 4.69) is 16.7 Å². The second-order valence-corrected chi connectivity index (χ2v) is 5.50. The number of likely N-dealkylation sites (N-methyl/N-ethyl adjacent to an activating group) is 1. The zero-order valence-corrected chi connectivity index (χ0v) is 13.1. The van der Waals surface area contributed by atoms with Gasteiger partial charge in [0.05, 0.1) is 18.2 Å². The van der Waals surface area contributed by atoms with Crippen molar-refractivity contribution in [1.29, 1.82) is 0 Å². The van der Waals surface area contributed by atoms with Crippen LogP contribution in [-0.2, 0) is 0 Å². The van der Waals surface area contributed by atoms with E-state index in [4.69, 9.17) is 9.72 Å². The van der Waals surface area contributed by atoms with Crippen LogP contribution in [0, 0.1) is 0 Å². The van der Waals surface area contributed by atoms with Gasteiger partial charge in [0.1, 0.15) is 11.6 Å². The molecule has 0 saturated carbocycles. The van der Waals surface area contributed by atoms with Crippen molar-refractivity contribution >= 4 is 23.0 Å². The molecule has 1 aliphatic heterocycles. The summed E-state index contributed by atoms with van der Waals surface area (Å²) in [7, 11) is 1.64. The molecule has 0 atom stereocenters. The number of benzene rings is 1. The first kappa shape index (κ1) is 14.8. The van der Waals surface area contributed by atoms with Crippen molar-refractivity contribution in [2.24, 2.45) is 0 Å². The third-order valence-electron chi connectivity index (χ3n) is 4.28. The monoisotopic (exact) mass is 299 g/mol. The lowest BCUT2D eigenvalue weighted by Gasteiger charge is -2.35. The molecule has 0 N–H and O–H groups in total. The van der Waals surface area contributed by atoms with Gasteiger partial charge in [-0.15, -0.1) is 0 Å². The van der Waals surface area contributed by atoms with Crippen molar-refractivity contribution < 1.29 is 9.53 Å². The largest absolute Gasteiger partial charge is 0.497 e. The molecule has 0 spiro atoms. The molecule has 1 aromatic heterocycles. The lowest BCUT2D eigenvalue weighted by Crippen LogP contribution is -2.46. The van der Waals surface area contributed by atoms with Crippen LogP contribution in [0.25, 0.3) is 10.9 Å². The van der Waals surface area contributed by atoms with Gasteiger partial charge in [-0.1, -0.05) is 6.92 Å². The molecule has 1 aliphatic rings. The molecule has 2 aromatic rings. The summed E-state index contributed by atoms with van der Waals surface area (Å²) in [5.41, 5.74) is 1.53. The van der Waals surface area contributed by atoms with Gasteiger partial charge < -0.3 is 14.5 Å². The van der Waals surface area contributed by atoms with Crippen molar-refractivity contribution in [2.75, 3.05) is 44.7 Å². The van der Waals surface area contributed by atoms with Crippen LogP contribution in [0.5, 0.6) is 5.75 Å². The highest BCUT2D eigenvalue weighted by atomic mass is 16.5. The number of piperazine rings is 1. The summed E-state index contributed by atoms with van der Waals surface area (Å²) >= 11 is 0. The minimum atomic E-state index is 0.644. The number of hydrogen-bond acceptors (Lipinski definition) is 5. The van der Waals surface area contributed by atoms with Crippen LogP contribution in [-0.4, -0.2) is 56.0 Å². The summed E-state index contributed by atoms with van der Waals surface area (Å²) in [5, 5.41) is 0.928. The maximum Gasteiger partial charge on any atom is 0.153 e. The molecular weight excluding hydrogens is 278 g/mol. The van der Waals surface area contributed by atoms with Crippen LogP contribution in [0.15, 0.2) is 24.3 Å². The summed E-state index contributed by atoms with van der Waals surface area (Å²) < 4.78 is 5.23. The average Bonchev–Trinajstić information content (AvgIpc) is 2.60. The molecule has 3 rings (SSSR count). The Balaban J connectivity index is 1.96. The Bertz CT molecular complexity index is 679. The van der Waals surface area contributed by atoms with Gasteiger partial charge in [0, 0.05) is 31.6 Å². The lowest BCUT2D eigenvalue weighted by atomic mass is 10.1. The Morgan fingerprint density at radius 2 is 2.00 bits per heavy atom. The second-order valence-electron chi connectivity index (χ2n) is 5.50. The number of ether oxygens (including phenoxy) is 1. The van der Waals surface area contributed by atoms with Crippen LogP contribution in [0.2, 0.25) is 0 Å². The molecule has 1 fully saturated rings. The Hall–Kier alpha value is -2.14. The zero-order valence-electron chi connectivity index (χ0n) is 13.1. The van der Waals surface area contributed by atoms with Crippen molar-refractivity contribution in [1.82, 2.24) is 9.88 Å². The Morgan fingerprint density at radius 1 is 1.23 bits per heavy atom. The first-order valence-electron chi connectivity index (χ1n) is 7.66. The first-order chi connectivity index (χ1) is 10.7. The van der Waals surface area contributed by atoms with E-state index in [0.29, 0.717) is 5.56 Å². The number of hydrogen-bond donors (Lipinski definition) is 0. The molecule has 0 unspecified atom stereocenters. The fourth-order valence-electron chi connectivity index (χ4n) is 2.90. The van der Waals surface area contributed by atoms with E-state index in [-0.39, 0.29) is 0 Å². The predicted molar refractivity (Wildman–Crippen MR) is 88.0 cm³/mol. The smallest absolute Gasteiger partial charge is 0.153 e. The first-order valence-corrected chi connectivity index (χ1v) is 7.66. The van der Waals surface area contributed by atoms with Gasteiger partial charge in [-0.25, -0.2) is 4.98 Å². The van der Waals surface area contributed by atoms with Gasteiger partial charge in [-0.2, -0.15) is 0 Å². The quantitative estimate of drug-likeness (QED) is 0.810. The van der Waals surface area contributed by atoms with Crippen molar-refractivity contribution in [3.63, 3.8) is 0 Å². The molecule has 0 aliphatic carbocycles. The summed E-state index contributed by atoms with van der Waals surface area (Å²) in [6.07, 6.45) is 0.896. The van der Waals surface area contributed by atoms with E-state index < -0.39 is 0 Å². The van der Waals surface area contributed by atoms with E-state index in [9.17, 15) is 4.79 Å². The molecule has 2 heterocycles. The number of nitrogens with zero attached hydrogens (tertiary/aromatic N) is 3. The fraction of sp³-hybridized carbons (Fsp3) is 0.412. The highest BCUT2D eigenvalue weighted by Gasteiger charge is 2.20. The molecule has 0 bridgehead atoms. The van der Waals surface area contributed by atoms with Gasteiger partial charge in [0.25, 0.3) is 0 Å². The molecule has 0 amide bonds. The number of pyridine rings is 1. The highest BCUT2D eigenvalue weighted by Crippen LogP contribution is 2.26. The van der Waals surface area contributed by atoms with Gasteiger partial charge >= 0.3 is 0 Å². The molecule has 0 radical (unpaired) electrons. The summed E-state index contributed by atoms with van der Waals surface area (Å²) in [6, 6.07) is 7.65. The molecule has 5 nitrogen and oxygen atoms in total. The maximum absolute atomic E-state index is 11.5. The number of aromatic nitrogens is 1. The lowest BCUT2D eigenvalue weighted by molar-refractivity contribution is 0.112. The zero-order chi connectivity index (χ0) is 15.5. The van der Waals surface area contributed by atoms with Gasteiger partial charge in [-0.3, -0.25) is 4.79 Å². The predicted octanol–water partition coefficient (Wildman–Crippen LogP) is 2.20. The number of carbonyl (C=O) groups is 1. The summed E-state index contributed by atoms with van der Waals surface area (Å²) in [5.74, 6) is 1.57. The maximum atomic E-state index is 11.5. The number of anilines is 1. The van der Waals surface area contributed by atoms with Crippen molar-refractivity contribution in [3.05, 3.63) is 29.8 Å². The van der Waals surface area contributed by atoms with Gasteiger partial charge in [0.2, 0.25) is 0 Å². The normalized spacial score (nSPS) is 16.0. The number of rotatable bonds is 4. The Kier molecular flexibility index (Phi) is 4.24. The van der Waals surface area contributed by atoms with E-state index >= 15 is 0 Å².